The van der Waals surface area contributed by atoms with Crippen molar-refractivity contribution in [3.8, 4) is 0 Å². The van der Waals surface area contributed by atoms with E-state index in [4.69, 9.17) is 10.5 Å². The number of carbonyl (C=O) groups is 2. The van der Waals surface area contributed by atoms with E-state index >= 15 is 0 Å². The van der Waals surface area contributed by atoms with Crippen LogP contribution in [0.5, 0.6) is 0 Å². The van der Waals surface area contributed by atoms with Gasteiger partial charge in [-0.3, -0.25) is 4.79 Å². The number of carbonyl (C=O) groups excluding carboxylic acids is 2. The minimum Gasteiger partial charge on any atom is -0.444 e. The van der Waals surface area contributed by atoms with E-state index in [1.54, 1.807) is 11.8 Å². The van der Waals surface area contributed by atoms with Crippen LogP contribution in [0.3, 0.4) is 0 Å². The van der Waals surface area contributed by atoms with E-state index in [0.717, 1.165) is 12.8 Å². The van der Waals surface area contributed by atoms with Crippen molar-refractivity contribution in [3.05, 3.63) is 0 Å². The summed E-state index contributed by atoms with van der Waals surface area (Å²) in [6.07, 6.45) is 1.26. The van der Waals surface area contributed by atoms with Crippen molar-refractivity contribution >= 4 is 12.0 Å². The molecule has 1 unspecified atom stereocenters. The van der Waals surface area contributed by atoms with Crippen molar-refractivity contribution in [2.75, 3.05) is 19.6 Å². The average Bonchev–Trinajstić information content (AvgIpc) is 2.38. The number of piperidine rings is 1. The molecule has 6 heteroatoms. The first kappa shape index (κ1) is 17.8. The van der Waals surface area contributed by atoms with Gasteiger partial charge in [0.05, 0.1) is 6.04 Å². The molecular weight excluding hydrogens is 270 g/mol. The number of nitrogens with two attached hydrogens (primary N) is 1. The van der Waals surface area contributed by atoms with Gasteiger partial charge in [0.15, 0.2) is 0 Å². The third-order valence-corrected chi connectivity index (χ3v) is 3.57. The van der Waals surface area contributed by atoms with Crippen LogP contribution in [0.1, 0.15) is 47.5 Å². The molecule has 1 aliphatic heterocycles. The predicted molar refractivity (Wildman–Crippen MR) is 81.9 cm³/mol. The number of rotatable bonds is 3. The van der Waals surface area contributed by atoms with Crippen LogP contribution in [0.15, 0.2) is 0 Å². The largest absolute Gasteiger partial charge is 0.444 e. The first-order valence-electron chi connectivity index (χ1n) is 7.69. The van der Waals surface area contributed by atoms with Gasteiger partial charge in [0.25, 0.3) is 0 Å². The van der Waals surface area contributed by atoms with Gasteiger partial charge in [-0.25, -0.2) is 4.79 Å². The van der Waals surface area contributed by atoms with Crippen LogP contribution in [-0.4, -0.2) is 59.1 Å². The van der Waals surface area contributed by atoms with E-state index in [1.165, 1.54) is 0 Å². The molecule has 21 heavy (non-hydrogen) atoms. The molecule has 2 N–H and O–H groups in total. The second-order valence-electron chi connectivity index (χ2n) is 6.61. The first-order chi connectivity index (χ1) is 9.65. The summed E-state index contributed by atoms with van der Waals surface area (Å²) in [5.41, 5.74) is 5.21. The van der Waals surface area contributed by atoms with Crippen molar-refractivity contribution in [1.82, 2.24) is 9.80 Å². The fraction of sp³-hybridized carbons (Fsp3) is 0.867. The molecule has 6 nitrogen and oxygen atoms in total. The van der Waals surface area contributed by atoms with Crippen LogP contribution >= 0.6 is 0 Å². The molecule has 1 aliphatic rings. The van der Waals surface area contributed by atoms with Crippen molar-refractivity contribution in [3.63, 3.8) is 0 Å². The summed E-state index contributed by atoms with van der Waals surface area (Å²) in [6.45, 7) is 11.1. The summed E-state index contributed by atoms with van der Waals surface area (Å²) in [5.74, 6) is -0.0202. The van der Waals surface area contributed by atoms with E-state index in [2.05, 4.69) is 0 Å². The highest BCUT2D eigenvalue weighted by Gasteiger charge is 2.31. The van der Waals surface area contributed by atoms with Gasteiger partial charge in [0, 0.05) is 25.7 Å². The van der Waals surface area contributed by atoms with Crippen LogP contribution in [-0.2, 0) is 9.53 Å². The molecule has 0 radical (unpaired) electrons. The number of hydrogen-bond acceptors (Lipinski definition) is 4. The summed E-state index contributed by atoms with van der Waals surface area (Å²) in [5, 5.41) is 0. The Morgan fingerprint density at radius 2 is 1.86 bits per heavy atom. The summed E-state index contributed by atoms with van der Waals surface area (Å²) in [4.78, 5) is 27.6. The van der Waals surface area contributed by atoms with E-state index < -0.39 is 11.6 Å². The number of hydrogen-bond donors (Lipinski definition) is 1. The number of likely N-dealkylation sites (tertiary alicyclic amines) is 1. The molecule has 0 aromatic rings. The second kappa shape index (κ2) is 7.11. The lowest BCUT2D eigenvalue weighted by Crippen LogP contribution is -2.52. The Hall–Kier alpha value is -1.30. The van der Waals surface area contributed by atoms with E-state index in [1.807, 2.05) is 32.6 Å². The van der Waals surface area contributed by atoms with E-state index in [0.29, 0.717) is 19.6 Å². The third-order valence-electron chi connectivity index (χ3n) is 3.57. The number of amides is 2. The third kappa shape index (κ3) is 5.19. The predicted octanol–water partition coefficient (Wildman–Crippen LogP) is 1.58. The molecular formula is C15H29N3O3. The Labute approximate surface area is 127 Å². The molecule has 1 rings (SSSR count). The highest BCUT2D eigenvalue weighted by Crippen LogP contribution is 2.19. The number of nitrogens with zero attached hydrogens (tertiary/aromatic N) is 2. The fourth-order valence-corrected chi connectivity index (χ4v) is 2.54. The SMILES string of the molecule is CCN(C(=O)C(C)N)C1CCN(C(=O)OC(C)(C)C)CC1. The highest BCUT2D eigenvalue weighted by molar-refractivity contribution is 5.81. The van der Waals surface area contributed by atoms with Gasteiger partial charge in [0.2, 0.25) is 5.91 Å². The van der Waals surface area contributed by atoms with E-state index in [9.17, 15) is 9.59 Å². The van der Waals surface area contributed by atoms with Crippen LogP contribution < -0.4 is 5.73 Å². The van der Waals surface area contributed by atoms with Gasteiger partial charge in [-0.1, -0.05) is 0 Å². The maximum atomic E-state index is 12.1. The topological polar surface area (TPSA) is 75.9 Å². The number of ether oxygens (including phenoxy) is 1. The van der Waals surface area contributed by atoms with Crippen molar-refractivity contribution in [2.45, 2.75) is 65.1 Å². The zero-order chi connectivity index (χ0) is 16.2. The second-order valence-corrected chi connectivity index (χ2v) is 6.61. The molecule has 1 fully saturated rings. The van der Waals surface area contributed by atoms with Gasteiger partial charge in [-0.15, -0.1) is 0 Å². The fourth-order valence-electron chi connectivity index (χ4n) is 2.54. The molecule has 1 atom stereocenters. The van der Waals surface area contributed by atoms with Crippen LogP contribution in [0.25, 0.3) is 0 Å². The molecule has 0 bridgehead atoms. The summed E-state index contributed by atoms with van der Waals surface area (Å²) >= 11 is 0. The van der Waals surface area contributed by atoms with Crippen molar-refractivity contribution in [1.29, 1.82) is 0 Å². The van der Waals surface area contributed by atoms with E-state index in [-0.39, 0.29) is 18.0 Å². The first-order valence-corrected chi connectivity index (χ1v) is 7.69. The van der Waals surface area contributed by atoms with Gasteiger partial charge >= 0.3 is 6.09 Å². The highest BCUT2D eigenvalue weighted by atomic mass is 16.6. The maximum absolute atomic E-state index is 12.1. The number of likely N-dealkylation sites (N-methyl/N-ethyl adjacent to an activating group) is 1. The molecule has 0 spiro atoms. The zero-order valence-corrected chi connectivity index (χ0v) is 13.9. The maximum Gasteiger partial charge on any atom is 0.410 e. The molecule has 1 saturated heterocycles. The molecule has 0 aliphatic carbocycles. The summed E-state index contributed by atoms with van der Waals surface area (Å²) in [7, 11) is 0. The lowest BCUT2D eigenvalue weighted by atomic mass is 10.0. The van der Waals surface area contributed by atoms with Gasteiger partial charge in [-0.05, 0) is 47.5 Å². The van der Waals surface area contributed by atoms with Crippen molar-refractivity contribution in [2.24, 2.45) is 5.73 Å². The molecule has 0 aromatic carbocycles. The van der Waals surface area contributed by atoms with Crippen molar-refractivity contribution < 1.29 is 14.3 Å². The average molecular weight is 299 g/mol. The monoisotopic (exact) mass is 299 g/mol. The Morgan fingerprint density at radius 3 is 2.24 bits per heavy atom. The Morgan fingerprint density at radius 1 is 1.33 bits per heavy atom. The minimum atomic E-state index is -0.478. The van der Waals surface area contributed by atoms with Crippen LogP contribution in [0, 0.1) is 0 Å². The quantitative estimate of drug-likeness (QED) is 0.858. The molecule has 0 aromatic heterocycles. The molecule has 2 amide bonds. The standard InChI is InChI=1S/C15H29N3O3/c1-6-18(13(19)11(2)16)12-7-9-17(10-8-12)14(20)21-15(3,4)5/h11-12H,6-10,16H2,1-5H3. The minimum absolute atomic E-state index is 0.0202. The molecule has 1 heterocycles. The van der Waals surface area contributed by atoms with Crippen LogP contribution in [0.2, 0.25) is 0 Å². The van der Waals surface area contributed by atoms with Crippen LogP contribution in [0.4, 0.5) is 4.79 Å². The Balaban J connectivity index is 2.55. The van der Waals surface area contributed by atoms with Gasteiger partial charge in [0.1, 0.15) is 5.60 Å². The zero-order valence-electron chi connectivity index (χ0n) is 13.9. The normalized spacial score (nSPS) is 18.3. The lowest BCUT2D eigenvalue weighted by molar-refractivity contribution is -0.135. The Bertz CT molecular complexity index is 369. The molecule has 122 valence electrons. The smallest absolute Gasteiger partial charge is 0.410 e. The Kier molecular flexibility index (Phi) is 6.01. The lowest BCUT2D eigenvalue weighted by Gasteiger charge is -2.39. The van der Waals surface area contributed by atoms with Gasteiger partial charge < -0.3 is 20.3 Å². The molecule has 0 saturated carbocycles. The summed E-state index contributed by atoms with van der Waals surface area (Å²) in [6, 6.07) is -0.318. The van der Waals surface area contributed by atoms with Gasteiger partial charge in [-0.2, -0.15) is 0 Å². The summed E-state index contributed by atoms with van der Waals surface area (Å²) < 4.78 is 5.37.